The van der Waals surface area contributed by atoms with Gasteiger partial charge >= 0.3 is 5.97 Å². The van der Waals surface area contributed by atoms with Crippen molar-refractivity contribution in [1.29, 1.82) is 0 Å². The Hall–Kier alpha value is -1.36. The summed E-state index contributed by atoms with van der Waals surface area (Å²) in [6.45, 7) is 5.66. The Labute approximate surface area is 133 Å². The summed E-state index contributed by atoms with van der Waals surface area (Å²) in [6.07, 6.45) is 0.762. The number of carboxylic acids is 1. The summed E-state index contributed by atoms with van der Waals surface area (Å²) < 4.78 is 0.988. The number of nitrogens with one attached hydrogen (secondary N) is 1. The molecule has 0 saturated heterocycles. The van der Waals surface area contributed by atoms with Gasteiger partial charge in [-0.15, -0.1) is 0 Å². The quantitative estimate of drug-likeness (QED) is 0.852. The van der Waals surface area contributed by atoms with Gasteiger partial charge in [0.05, 0.1) is 17.9 Å². The molecule has 21 heavy (non-hydrogen) atoms. The predicted octanol–water partition coefficient (Wildman–Crippen LogP) is 3.37. The van der Waals surface area contributed by atoms with E-state index in [0.717, 1.165) is 16.5 Å². The Morgan fingerprint density at radius 1 is 1.29 bits per heavy atom. The molecule has 3 atom stereocenters. The maximum absolute atomic E-state index is 12.4. The summed E-state index contributed by atoms with van der Waals surface area (Å²) in [5.74, 6) is -2.08. The minimum absolute atomic E-state index is 0.0866. The van der Waals surface area contributed by atoms with Gasteiger partial charge < -0.3 is 10.4 Å². The van der Waals surface area contributed by atoms with E-state index in [1.165, 1.54) is 0 Å². The molecule has 0 bridgehead atoms. The van der Waals surface area contributed by atoms with Crippen LogP contribution in [0.3, 0.4) is 0 Å². The summed E-state index contributed by atoms with van der Waals surface area (Å²) in [7, 11) is 0. The molecule has 5 heteroatoms. The molecule has 0 radical (unpaired) electrons. The van der Waals surface area contributed by atoms with Crippen LogP contribution in [0.5, 0.6) is 0 Å². The van der Waals surface area contributed by atoms with Crippen molar-refractivity contribution in [2.24, 2.45) is 17.3 Å². The summed E-state index contributed by atoms with van der Waals surface area (Å²) in [5, 5.41) is 12.1. The molecule has 1 aromatic carbocycles. The number of carbonyl (C=O) groups is 2. The van der Waals surface area contributed by atoms with Gasteiger partial charge in [0.2, 0.25) is 5.91 Å². The molecule has 3 unspecified atom stereocenters. The highest BCUT2D eigenvalue weighted by Crippen LogP contribution is 2.58. The van der Waals surface area contributed by atoms with Gasteiger partial charge in [-0.1, -0.05) is 48.8 Å². The van der Waals surface area contributed by atoms with Crippen LogP contribution < -0.4 is 5.32 Å². The third-order valence-electron chi connectivity index (χ3n) is 4.37. The smallest absolute Gasteiger partial charge is 0.307 e. The molecule has 0 aliphatic heterocycles. The van der Waals surface area contributed by atoms with Crippen LogP contribution in [0.4, 0.5) is 0 Å². The van der Waals surface area contributed by atoms with Crippen molar-refractivity contribution in [3.8, 4) is 0 Å². The number of halogens is 1. The lowest BCUT2D eigenvalue weighted by Crippen LogP contribution is -2.31. The Morgan fingerprint density at radius 3 is 2.29 bits per heavy atom. The van der Waals surface area contributed by atoms with Gasteiger partial charge in [0, 0.05) is 4.47 Å². The lowest BCUT2D eigenvalue weighted by Gasteiger charge is -2.18. The molecule has 1 saturated carbocycles. The standard InChI is InChI=1S/C16H20BrNO3/c1-4-11(9-5-7-10(17)8-6-9)18-14(19)12-13(15(20)21)16(12,2)3/h5-8,11-13H,4H2,1-3H3,(H,18,19)(H,20,21). The zero-order valence-electron chi connectivity index (χ0n) is 12.4. The summed E-state index contributed by atoms with van der Waals surface area (Å²) in [6, 6.07) is 7.71. The summed E-state index contributed by atoms with van der Waals surface area (Å²) in [5.41, 5.74) is 0.563. The molecule has 0 spiro atoms. The van der Waals surface area contributed by atoms with E-state index >= 15 is 0 Å². The highest BCUT2D eigenvalue weighted by Gasteiger charge is 2.65. The third-order valence-corrected chi connectivity index (χ3v) is 4.90. The van der Waals surface area contributed by atoms with Crippen molar-refractivity contribution in [2.45, 2.75) is 33.2 Å². The van der Waals surface area contributed by atoms with Crippen LogP contribution in [0.2, 0.25) is 0 Å². The minimum atomic E-state index is -0.892. The SMILES string of the molecule is CCC(NC(=O)C1C(C(=O)O)C1(C)C)c1ccc(Br)cc1. The molecule has 2 rings (SSSR count). The number of carboxylic acid groups (broad SMARTS) is 1. The second-order valence-electron chi connectivity index (χ2n) is 6.14. The predicted molar refractivity (Wildman–Crippen MR) is 83.7 cm³/mol. The molecule has 2 N–H and O–H groups in total. The number of hydrogen-bond acceptors (Lipinski definition) is 2. The molecular weight excluding hydrogens is 334 g/mol. The third kappa shape index (κ3) is 3.12. The molecule has 114 valence electrons. The number of benzene rings is 1. The van der Waals surface area contributed by atoms with Crippen molar-refractivity contribution >= 4 is 27.8 Å². The summed E-state index contributed by atoms with van der Waals surface area (Å²) in [4.78, 5) is 23.5. The van der Waals surface area contributed by atoms with Crippen LogP contribution >= 0.6 is 15.9 Å². The van der Waals surface area contributed by atoms with Gasteiger partial charge in [-0.2, -0.15) is 0 Å². The van der Waals surface area contributed by atoms with Crippen LogP contribution in [0.1, 0.15) is 38.8 Å². The fourth-order valence-corrected chi connectivity index (χ4v) is 3.23. The lowest BCUT2D eigenvalue weighted by molar-refractivity contribution is -0.140. The van der Waals surface area contributed by atoms with E-state index in [1.807, 2.05) is 45.0 Å². The molecule has 4 nitrogen and oxygen atoms in total. The van der Waals surface area contributed by atoms with E-state index in [0.29, 0.717) is 0 Å². The van der Waals surface area contributed by atoms with Crippen molar-refractivity contribution in [3.05, 3.63) is 34.3 Å². The first kappa shape index (κ1) is 16.0. The van der Waals surface area contributed by atoms with Crippen LogP contribution in [-0.4, -0.2) is 17.0 Å². The van der Waals surface area contributed by atoms with Crippen LogP contribution in [0.15, 0.2) is 28.7 Å². The van der Waals surface area contributed by atoms with Crippen LogP contribution in [0, 0.1) is 17.3 Å². The molecular formula is C16H20BrNO3. The van der Waals surface area contributed by atoms with Gasteiger partial charge in [-0.3, -0.25) is 9.59 Å². The van der Waals surface area contributed by atoms with E-state index < -0.39 is 23.2 Å². The van der Waals surface area contributed by atoms with Crippen molar-refractivity contribution in [3.63, 3.8) is 0 Å². The van der Waals surface area contributed by atoms with Crippen molar-refractivity contribution in [1.82, 2.24) is 5.32 Å². The van der Waals surface area contributed by atoms with Crippen LogP contribution in [-0.2, 0) is 9.59 Å². The summed E-state index contributed by atoms with van der Waals surface area (Å²) >= 11 is 3.39. The second kappa shape index (κ2) is 5.79. The first-order valence-electron chi connectivity index (χ1n) is 7.07. The maximum atomic E-state index is 12.4. The maximum Gasteiger partial charge on any atom is 0.307 e. The fraction of sp³-hybridized carbons (Fsp3) is 0.500. The van der Waals surface area contributed by atoms with Gasteiger partial charge in [0.15, 0.2) is 0 Å². The monoisotopic (exact) mass is 353 g/mol. The van der Waals surface area contributed by atoms with E-state index in [1.54, 1.807) is 0 Å². The van der Waals surface area contributed by atoms with Gasteiger partial charge in [0.25, 0.3) is 0 Å². The molecule has 0 heterocycles. The second-order valence-corrected chi connectivity index (χ2v) is 7.05. The Bertz CT molecular complexity index is 553. The van der Waals surface area contributed by atoms with Gasteiger partial charge in [-0.05, 0) is 29.5 Å². The largest absolute Gasteiger partial charge is 0.481 e. The molecule has 0 aromatic heterocycles. The topological polar surface area (TPSA) is 66.4 Å². The number of rotatable bonds is 5. The first-order valence-corrected chi connectivity index (χ1v) is 7.87. The highest BCUT2D eigenvalue weighted by molar-refractivity contribution is 9.10. The molecule has 1 amide bonds. The van der Waals surface area contributed by atoms with E-state index in [-0.39, 0.29) is 11.9 Å². The lowest BCUT2D eigenvalue weighted by atomic mass is 10.0. The van der Waals surface area contributed by atoms with Crippen molar-refractivity contribution < 1.29 is 14.7 Å². The molecule has 1 fully saturated rings. The van der Waals surface area contributed by atoms with Crippen LogP contribution in [0.25, 0.3) is 0 Å². The number of carbonyl (C=O) groups excluding carboxylic acids is 1. The average Bonchev–Trinajstić information content (AvgIpc) is 3.00. The van der Waals surface area contributed by atoms with E-state index in [9.17, 15) is 9.59 Å². The van der Waals surface area contributed by atoms with E-state index in [2.05, 4.69) is 21.2 Å². The normalized spacial score (nSPS) is 24.2. The molecule has 1 aromatic rings. The minimum Gasteiger partial charge on any atom is -0.481 e. The highest BCUT2D eigenvalue weighted by atomic mass is 79.9. The van der Waals surface area contributed by atoms with Gasteiger partial charge in [0.1, 0.15) is 0 Å². The van der Waals surface area contributed by atoms with Gasteiger partial charge in [-0.25, -0.2) is 0 Å². The van der Waals surface area contributed by atoms with E-state index in [4.69, 9.17) is 5.11 Å². The number of amides is 1. The fourth-order valence-electron chi connectivity index (χ4n) is 2.97. The van der Waals surface area contributed by atoms with Crippen molar-refractivity contribution in [2.75, 3.05) is 0 Å². The molecule has 1 aliphatic rings. The molecule has 1 aliphatic carbocycles. The zero-order valence-corrected chi connectivity index (χ0v) is 14.0. The Balaban J connectivity index is 2.08. The average molecular weight is 354 g/mol. The Morgan fingerprint density at radius 2 is 1.86 bits per heavy atom. The number of aliphatic carboxylic acids is 1. The Kier molecular flexibility index (Phi) is 4.42. The number of hydrogen-bond donors (Lipinski definition) is 2. The zero-order chi connectivity index (χ0) is 15.8. The first-order chi connectivity index (χ1) is 9.78.